The van der Waals surface area contributed by atoms with Crippen LogP contribution >= 0.6 is 0 Å². The van der Waals surface area contributed by atoms with Crippen molar-refractivity contribution in [3.63, 3.8) is 0 Å². The quantitative estimate of drug-likeness (QED) is 0.781. The molecule has 2 amide bonds. The molecule has 0 spiro atoms. The van der Waals surface area contributed by atoms with E-state index in [4.69, 9.17) is 4.74 Å². The highest BCUT2D eigenvalue weighted by Crippen LogP contribution is 2.30. The molecule has 6 heteroatoms. The number of piperidine rings is 2. The van der Waals surface area contributed by atoms with Crippen LogP contribution in [0.5, 0.6) is 0 Å². The topological polar surface area (TPSA) is 53.1 Å². The molecule has 3 saturated heterocycles. The summed E-state index contributed by atoms with van der Waals surface area (Å²) in [4.78, 5) is 30.7. The van der Waals surface area contributed by atoms with E-state index < -0.39 is 0 Å². The second-order valence-electron chi connectivity index (χ2n) is 7.59. The van der Waals surface area contributed by atoms with Gasteiger partial charge in [-0.15, -0.1) is 0 Å². The van der Waals surface area contributed by atoms with Gasteiger partial charge in [-0.25, -0.2) is 4.79 Å². The summed E-state index contributed by atoms with van der Waals surface area (Å²) in [5.41, 5.74) is 0. The monoisotopic (exact) mass is 351 g/mol. The fourth-order valence-corrected chi connectivity index (χ4v) is 4.82. The van der Waals surface area contributed by atoms with Crippen LogP contribution in [0.3, 0.4) is 0 Å². The molecule has 0 unspecified atom stereocenters. The van der Waals surface area contributed by atoms with Gasteiger partial charge in [0.05, 0.1) is 6.61 Å². The molecule has 0 aromatic heterocycles. The molecular formula is C19H33N3O3. The second-order valence-corrected chi connectivity index (χ2v) is 7.59. The minimum atomic E-state index is -0.169. The number of amides is 2. The van der Waals surface area contributed by atoms with Crippen molar-refractivity contribution in [2.45, 2.75) is 76.9 Å². The van der Waals surface area contributed by atoms with Crippen molar-refractivity contribution in [1.82, 2.24) is 14.7 Å². The summed E-state index contributed by atoms with van der Waals surface area (Å²) < 4.78 is 5.10. The maximum Gasteiger partial charge on any atom is 0.409 e. The number of ether oxygens (including phenoxy) is 1. The van der Waals surface area contributed by atoms with Gasteiger partial charge >= 0.3 is 6.09 Å². The summed E-state index contributed by atoms with van der Waals surface area (Å²) in [6.45, 7) is 8.24. The minimum Gasteiger partial charge on any atom is -0.450 e. The molecular weight excluding hydrogens is 318 g/mol. The molecule has 0 aliphatic carbocycles. The fourth-order valence-electron chi connectivity index (χ4n) is 4.82. The molecule has 0 saturated carbocycles. The van der Waals surface area contributed by atoms with E-state index in [-0.39, 0.29) is 6.09 Å². The summed E-state index contributed by atoms with van der Waals surface area (Å²) in [5, 5.41) is 0. The lowest BCUT2D eigenvalue weighted by Gasteiger charge is -2.44. The maximum atomic E-state index is 12.2. The molecule has 3 aliphatic rings. The Bertz CT molecular complexity index is 469. The number of rotatable bonds is 4. The Morgan fingerprint density at radius 1 is 1.00 bits per heavy atom. The van der Waals surface area contributed by atoms with Gasteiger partial charge in [0.25, 0.3) is 0 Å². The maximum absolute atomic E-state index is 12.2. The molecule has 3 heterocycles. The standard InChI is InChI=1S/C19H33N3O3/c1-3-15-5-6-18(23)22(15)17-9-11-20(12-10-17)16-7-13-21(14-8-16)19(24)25-4-2/h15-17H,3-14H2,1-2H3/t15-/m0/s1. The van der Waals surface area contributed by atoms with E-state index in [0.717, 1.165) is 71.1 Å². The van der Waals surface area contributed by atoms with E-state index in [1.54, 1.807) is 0 Å². The third-order valence-electron chi connectivity index (χ3n) is 6.24. The average molecular weight is 351 g/mol. The van der Waals surface area contributed by atoms with Gasteiger partial charge in [-0.3, -0.25) is 4.79 Å². The Balaban J connectivity index is 1.45. The molecule has 6 nitrogen and oxygen atoms in total. The molecule has 0 aromatic carbocycles. The van der Waals surface area contributed by atoms with Crippen molar-refractivity contribution in [3.05, 3.63) is 0 Å². The van der Waals surface area contributed by atoms with E-state index in [2.05, 4.69) is 16.7 Å². The van der Waals surface area contributed by atoms with Gasteiger partial charge in [0.2, 0.25) is 5.91 Å². The number of hydrogen-bond acceptors (Lipinski definition) is 4. The van der Waals surface area contributed by atoms with Crippen LogP contribution in [0, 0.1) is 0 Å². The first-order valence-corrected chi connectivity index (χ1v) is 10.1. The minimum absolute atomic E-state index is 0.169. The highest BCUT2D eigenvalue weighted by atomic mass is 16.6. The van der Waals surface area contributed by atoms with Crippen LogP contribution in [0.2, 0.25) is 0 Å². The molecule has 3 rings (SSSR count). The zero-order valence-corrected chi connectivity index (χ0v) is 15.8. The number of nitrogens with zero attached hydrogens (tertiary/aromatic N) is 3. The van der Waals surface area contributed by atoms with Crippen LogP contribution in [-0.4, -0.2) is 77.6 Å². The number of carbonyl (C=O) groups excluding carboxylic acids is 2. The molecule has 142 valence electrons. The zero-order chi connectivity index (χ0) is 17.8. The third-order valence-corrected chi connectivity index (χ3v) is 6.24. The smallest absolute Gasteiger partial charge is 0.409 e. The van der Waals surface area contributed by atoms with Crippen molar-refractivity contribution < 1.29 is 14.3 Å². The van der Waals surface area contributed by atoms with Crippen molar-refractivity contribution in [2.24, 2.45) is 0 Å². The highest BCUT2D eigenvalue weighted by Gasteiger charge is 2.38. The summed E-state index contributed by atoms with van der Waals surface area (Å²) in [6, 6.07) is 1.48. The first kappa shape index (κ1) is 18.5. The van der Waals surface area contributed by atoms with Gasteiger partial charge in [0, 0.05) is 50.7 Å². The molecule has 3 fully saturated rings. The highest BCUT2D eigenvalue weighted by molar-refractivity contribution is 5.79. The number of likely N-dealkylation sites (tertiary alicyclic amines) is 3. The average Bonchev–Trinajstić information content (AvgIpc) is 3.03. The van der Waals surface area contributed by atoms with Crippen LogP contribution in [0.15, 0.2) is 0 Å². The van der Waals surface area contributed by atoms with E-state index >= 15 is 0 Å². The van der Waals surface area contributed by atoms with E-state index in [0.29, 0.717) is 30.6 Å². The SMILES string of the molecule is CCOC(=O)N1CCC(N2CCC(N3C(=O)CC[C@@H]3CC)CC2)CC1. The molecule has 25 heavy (non-hydrogen) atoms. The fraction of sp³-hybridized carbons (Fsp3) is 0.895. The lowest BCUT2D eigenvalue weighted by molar-refractivity contribution is -0.132. The van der Waals surface area contributed by atoms with Crippen molar-refractivity contribution in [1.29, 1.82) is 0 Å². The van der Waals surface area contributed by atoms with Crippen LogP contribution in [0.25, 0.3) is 0 Å². The largest absolute Gasteiger partial charge is 0.450 e. The second kappa shape index (κ2) is 8.39. The summed E-state index contributed by atoms with van der Waals surface area (Å²) in [7, 11) is 0. The Morgan fingerprint density at radius 3 is 2.24 bits per heavy atom. The van der Waals surface area contributed by atoms with Gasteiger partial charge < -0.3 is 19.4 Å². The third kappa shape index (κ3) is 4.10. The lowest BCUT2D eigenvalue weighted by Crippen LogP contribution is -2.53. The Kier molecular flexibility index (Phi) is 6.20. The van der Waals surface area contributed by atoms with Crippen molar-refractivity contribution in [3.8, 4) is 0 Å². The van der Waals surface area contributed by atoms with Crippen LogP contribution in [0.1, 0.15) is 58.8 Å². The van der Waals surface area contributed by atoms with E-state index in [1.165, 1.54) is 0 Å². The van der Waals surface area contributed by atoms with Crippen molar-refractivity contribution >= 4 is 12.0 Å². The van der Waals surface area contributed by atoms with Crippen LogP contribution < -0.4 is 0 Å². The van der Waals surface area contributed by atoms with Gasteiger partial charge in [0.1, 0.15) is 0 Å². The first-order chi connectivity index (χ1) is 12.1. The first-order valence-electron chi connectivity index (χ1n) is 10.1. The predicted molar refractivity (Wildman–Crippen MR) is 96.4 cm³/mol. The van der Waals surface area contributed by atoms with E-state index in [1.807, 2.05) is 11.8 Å². The summed E-state index contributed by atoms with van der Waals surface area (Å²) in [5.74, 6) is 0.369. The van der Waals surface area contributed by atoms with Gasteiger partial charge in [-0.2, -0.15) is 0 Å². The molecule has 0 bridgehead atoms. The Labute approximate surface area is 151 Å². The van der Waals surface area contributed by atoms with Crippen LogP contribution in [-0.2, 0) is 9.53 Å². The predicted octanol–water partition coefficient (Wildman–Crippen LogP) is 2.47. The molecule has 1 atom stereocenters. The Hall–Kier alpha value is -1.30. The molecule has 0 radical (unpaired) electrons. The molecule has 0 aromatic rings. The number of hydrogen-bond donors (Lipinski definition) is 0. The summed E-state index contributed by atoms with van der Waals surface area (Å²) >= 11 is 0. The van der Waals surface area contributed by atoms with Gasteiger partial charge in [-0.05, 0) is 45.4 Å². The van der Waals surface area contributed by atoms with Gasteiger partial charge in [0.15, 0.2) is 0 Å². The Morgan fingerprint density at radius 2 is 1.64 bits per heavy atom. The summed E-state index contributed by atoms with van der Waals surface area (Å²) in [6.07, 6.45) is 6.96. The zero-order valence-electron chi connectivity index (χ0n) is 15.8. The normalized spacial score (nSPS) is 27.1. The van der Waals surface area contributed by atoms with Crippen molar-refractivity contribution in [2.75, 3.05) is 32.8 Å². The van der Waals surface area contributed by atoms with E-state index in [9.17, 15) is 9.59 Å². The molecule has 3 aliphatic heterocycles. The lowest BCUT2D eigenvalue weighted by atomic mass is 9.96. The molecule has 0 N–H and O–H groups in total. The van der Waals surface area contributed by atoms with Crippen LogP contribution in [0.4, 0.5) is 4.79 Å². The number of carbonyl (C=O) groups is 2. The van der Waals surface area contributed by atoms with Gasteiger partial charge in [-0.1, -0.05) is 6.92 Å².